The summed E-state index contributed by atoms with van der Waals surface area (Å²) < 4.78 is 17.0. The zero-order chi connectivity index (χ0) is 17.4. The largest absolute Gasteiger partial charge is 0.496 e. The van der Waals surface area contributed by atoms with Crippen LogP contribution in [0.25, 0.3) is 21.5 Å². The van der Waals surface area contributed by atoms with Gasteiger partial charge in [0.15, 0.2) is 0 Å². The van der Waals surface area contributed by atoms with Crippen molar-refractivity contribution < 1.29 is 14.2 Å². The number of hydrogen-bond acceptors (Lipinski definition) is 3. The molecule has 3 aromatic rings. The van der Waals surface area contributed by atoms with E-state index in [1.165, 1.54) is 32.7 Å². The van der Waals surface area contributed by atoms with E-state index in [2.05, 4.69) is 42.5 Å². The molecule has 2 atom stereocenters. The second-order valence-corrected chi connectivity index (χ2v) is 6.82. The molecular formula is C22H24O3. The molecule has 0 saturated carbocycles. The van der Waals surface area contributed by atoms with E-state index < -0.39 is 0 Å². The Kier molecular flexibility index (Phi) is 4.36. The molecule has 3 nitrogen and oxygen atoms in total. The van der Waals surface area contributed by atoms with Gasteiger partial charge in [0.2, 0.25) is 0 Å². The lowest BCUT2D eigenvalue weighted by molar-refractivity contribution is 0.00983. The Morgan fingerprint density at radius 1 is 0.960 bits per heavy atom. The Balaban J connectivity index is 1.98. The van der Waals surface area contributed by atoms with Crippen LogP contribution in [0.4, 0.5) is 0 Å². The molecular weight excluding hydrogens is 312 g/mol. The fraction of sp³-hybridized carbons (Fsp3) is 0.364. The first-order valence-corrected chi connectivity index (χ1v) is 8.78. The molecule has 25 heavy (non-hydrogen) atoms. The molecule has 1 aliphatic rings. The maximum Gasteiger partial charge on any atom is 0.127 e. The van der Waals surface area contributed by atoms with Crippen LogP contribution in [-0.4, -0.2) is 34.0 Å². The summed E-state index contributed by atoms with van der Waals surface area (Å²) in [6, 6.07) is 15.2. The van der Waals surface area contributed by atoms with E-state index in [4.69, 9.17) is 14.2 Å². The van der Waals surface area contributed by atoms with Gasteiger partial charge in [-0.3, -0.25) is 0 Å². The molecule has 3 heteroatoms. The molecule has 4 rings (SSSR count). The van der Waals surface area contributed by atoms with E-state index in [0.717, 1.165) is 18.6 Å². The first kappa shape index (κ1) is 16.4. The van der Waals surface area contributed by atoms with Crippen LogP contribution in [0.2, 0.25) is 0 Å². The number of ether oxygens (including phenoxy) is 3. The predicted molar refractivity (Wildman–Crippen MR) is 102 cm³/mol. The van der Waals surface area contributed by atoms with Crippen LogP contribution < -0.4 is 4.74 Å². The summed E-state index contributed by atoms with van der Waals surface area (Å²) in [5, 5.41) is 5.00. The highest BCUT2D eigenvalue weighted by molar-refractivity contribution is 6.11. The van der Waals surface area contributed by atoms with E-state index in [0.29, 0.717) is 12.5 Å². The summed E-state index contributed by atoms with van der Waals surface area (Å²) in [6.07, 6.45) is 2.08. The van der Waals surface area contributed by atoms with Crippen molar-refractivity contribution in [3.8, 4) is 5.75 Å². The van der Waals surface area contributed by atoms with Crippen LogP contribution in [0.1, 0.15) is 11.1 Å². The summed E-state index contributed by atoms with van der Waals surface area (Å²) in [7, 11) is 5.32. The van der Waals surface area contributed by atoms with Crippen molar-refractivity contribution in [1.29, 1.82) is 0 Å². The Bertz CT molecular complexity index is 916. The monoisotopic (exact) mass is 336 g/mol. The van der Waals surface area contributed by atoms with Gasteiger partial charge in [0.05, 0.1) is 19.8 Å². The first-order valence-electron chi connectivity index (χ1n) is 8.78. The quantitative estimate of drug-likeness (QED) is 0.662. The van der Waals surface area contributed by atoms with Gasteiger partial charge in [-0.05, 0) is 46.2 Å². The summed E-state index contributed by atoms with van der Waals surface area (Å²) >= 11 is 0. The second-order valence-electron chi connectivity index (χ2n) is 6.82. The minimum atomic E-state index is 0.205. The van der Waals surface area contributed by atoms with Gasteiger partial charge in [-0.2, -0.15) is 0 Å². The van der Waals surface area contributed by atoms with Crippen LogP contribution in [0.3, 0.4) is 0 Å². The maximum atomic E-state index is 5.79. The molecule has 0 N–H and O–H groups in total. The number of methoxy groups -OCH3 is 3. The third-order valence-electron chi connectivity index (χ3n) is 5.51. The Hall–Kier alpha value is -2.10. The molecule has 3 aromatic carbocycles. The van der Waals surface area contributed by atoms with Gasteiger partial charge in [0, 0.05) is 25.5 Å². The van der Waals surface area contributed by atoms with E-state index in [1.54, 1.807) is 21.3 Å². The van der Waals surface area contributed by atoms with Crippen LogP contribution in [0.15, 0.2) is 42.5 Å². The van der Waals surface area contributed by atoms with Crippen molar-refractivity contribution in [3.63, 3.8) is 0 Å². The van der Waals surface area contributed by atoms with Crippen molar-refractivity contribution in [2.75, 3.05) is 27.9 Å². The lowest BCUT2D eigenvalue weighted by Gasteiger charge is -2.33. The Labute approximate surface area is 148 Å². The highest BCUT2D eigenvalue weighted by Crippen LogP contribution is 2.40. The van der Waals surface area contributed by atoms with E-state index >= 15 is 0 Å². The van der Waals surface area contributed by atoms with Crippen molar-refractivity contribution >= 4 is 21.5 Å². The number of rotatable bonds is 4. The third-order valence-corrected chi connectivity index (χ3v) is 5.51. The average molecular weight is 336 g/mol. The predicted octanol–water partition coefficient (Wildman–Crippen LogP) is 4.38. The molecule has 0 aliphatic heterocycles. The van der Waals surface area contributed by atoms with Gasteiger partial charge in [0.1, 0.15) is 5.75 Å². The molecule has 1 aliphatic carbocycles. The third kappa shape index (κ3) is 2.68. The fourth-order valence-corrected chi connectivity index (χ4v) is 4.30. The molecule has 0 radical (unpaired) electrons. The molecule has 0 amide bonds. The van der Waals surface area contributed by atoms with Gasteiger partial charge < -0.3 is 14.2 Å². The van der Waals surface area contributed by atoms with Gasteiger partial charge in [-0.1, -0.05) is 36.4 Å². The maximum absolute atomic E-state index is 5.79. The molecule has 0 aromatic heterocycles. The van der Waals surface area contributed by atoms with E-state index in [1.807, 2.05) is 0 Å². The van der Waals surface area contributed by atoms with Crippen molar-refractivity contribution in [2.45, 2.75) is 18.9 Å². The van der Waals surface area contributed by atoms with Crippen molar-refractivity contribution in [2.24, 2.45) is 5.92 Å². The Morgan fingerprint density at radius 3 is 2.56 bits per heavy atom. The van der Waals surface area contributed by atoms with Crippen LogP contribution >= 0.6 is 0 Å². The van der Waals surface area contributed by atoms with Gasteiger partial charge >= 0.3 is 0 Å². The minimum absolute atomic E-state index is 0.205. The normalized spacial score (nSPS) is 20.0. The smallest absolute Gasteiger partial charge is 0.127 e. The molecule has 2 unspecified atom stereocenters. The zero-order valence-electron chi connectivity index (χ0n) is 15.0. The highest BCUT2D eigenvalue weighted by Gasteiger charge is 2.30. The van der Waals surface area contributed by atoms with Gasteiger partial charge in [0.25, 0.3) is 0 Å². The highest BCUT2D eigenvalue weighted by atomic mass is 16.5. The summed E-state index contributed by atoms with van der Waals surface area (Å²) in [5.74, 6) is 1.32. The van der Waals surface area contributed by atoms with E-state index in [-0.39, 0.29) is 6.10 Å². The first-order chi connectivity index (χ1) is 12.3. The molecule has 0 fully saturated rings. The molecule has 0 spiro atoms. The van der Waals surface area contributed by atoms with Crippen molar-refractivity contribution in [1.82, 2.24) is 0 Å². The molecule has 0 saturated heterocycles. The summed E-state index contributed by atoms with van der Waals surface area (Å²) in [4.78, 5) is 0. The van der Waals surface area contributed by atoms with Crippen LogP contribution in [-0.2, 0) is 22.3 Å². The number of fused-ring (bicyclic) bond motifs is 5. The topological polar surface area (TPSA) is 27.7 Å². The van der Waals surface area contributed by atoms with E-state index in [9.17, 15) is 0 Å². The zero-order valence-corrected chi connectivity index (χ0v) is 15.0. The minimum Gasteiger partial charge on any atom is -0.496 e. The van der Waals surface area contributed by atoms with Crippen LogP contribution in [0.5, 0.6) is 5.75 Å². The fourth-order valence-electron chi connectivity index (χ4n) is 4.30. The van der Waals surface area contributed by atoms with Gasteiger partial charge in [-0.15, -0.1) is 0 Å². The van der Waals surface area contributed by atoms with Gasteiger partial charge in [-0.25, -0.2) is 0 Å². The average Bonchev–Trinajstić information content (AvgIpc) is 2.66. The Morgan fingerprint density at radius 2 is 1.80 bits per heavy atom. The van der Waals surface area contributed by atoms with Crippen LogP contribution in [0, 0.1) is 5.92 Å². The number of benzene rings is 3. The lowest BCUT2D eigenvalue weighted by atomic mass is 9.79. The summed E-state index contributed by atoms with van der Waals surface area (Å²) in [6.45, 7) is 0.713. The molecule has 130 valence electrons. The molecule has 0 bridgehead atoms. The lowest BCUT2D eigenvalue weighted by Crippen LogP contribution is -2.34. The second kappa shape index (κ2) is 6.66. The molecule has 0 heterocycles. The SMILES string of the molecule is COCC1Cc2c(ccc3c2c(OC)cc2ccccc23)CC1OC. The number of hydrogen-bond donors (Lipinski definition) is 0. The summed E-state index contributed by atoms with van der Waals surface area (Å²) in [5.41, 5.74) is 2.75. The van der Waals surface area contributed by atoms with Crippen molar-refractivity contribution in [3.05, 3.63) is 53.6 Å². The standard InChI is InChI=1S/C22H24O3/c1-23-13-16-10-19-15(11-20(16)24-2)8-9-18-17-7-5-4-6-14(17)12-21(25-3)22(18)19/h4-9,12,16,20H,10-11,13H2,1-3H3.